The quantitative estimate of drug-likeness (QED) is 0.619. The van der Waals surface area contributed by atoms with Crippen LogP contribution in [0.25, 0.3) is 0 Å². The van der Waals surface area contributed by atoms with E-state index in [1.807, 2.05) is 6.92 Å². The third-order valence-corrected chi connectivity index (χ3v) is 3.08. The number of hydrogen-bond donors (Lipinski definition) is 2. The second-order valence-electron chi connectivity index (χ2n) is 5.12. The predicted molar refractivity (Wildman–Crippen MR) is 73.8 cm³/mol. The minimum atomic E-state index is 0.118. The number of carbonyl (C=O) groups excluding carboxylic acids is 1. The monoisotopic (exact) mass is 242 g/mol. The van der Waals surface area contributed by atoms with Crippen LogP contribution in [0.2, 0.25) is 0 Å². The molecular weight excluding hydrogens is 212 g/mol. The van der Waals surface area contributed by atoms with E-state index in [2.05, 4.69) is 19.2 Å². The lowest BCUT2D eigenvalue weighted by Gasteiger charge is -2.16. The standard InChI is InChI=1S/C14H30N2O/c1-4-6-8-13(7-5-2)11-16-14(17)10-9-12(3)15/h12-13H,4-11,15H2,1-3H3,(H,16,17). The van der Waals surface area contributed by atoms with Gasteiger partial charge in [0.15, 0.2) is 0 Å². The maximum atomic E-state index is 11.6. The Morgan fingerprint density at radius 2 is 1.88 bits per heavy atom. The number of amides is 1. The maximum Gasteiger partial charge on any atom is 0.220 e. The molecule has 0 aromatic rings. The SMILES string of the molecule is CCCCC(CCC)CNC(=O)CCC(C)N. The molecule has 3 N–H and O–H groups in total. The van der Waals surface area contributed by atoms with E-state index in [-0.39, 0.29) is 11.9 Å². The Labute approximate surface area is 107 Å². The summed E-state index contributed by atoms with van der Waals surface area (Å²) in [5, 5.41) is 3.04. The summed E-state index contributed by atoms with van der Waals surface area (Å²) in [6.07, 6.45) is 7.48. The van der Waals surface area contributed by atoms with Crippen molar-refractivity contribution in [2.24, 2.45) is 11.7 Å². The van der Waals surface area contributed by atoms with Gasteiger partial charge in [0.25, 0.3) is 0 Å². The van der Waals surface area contributed by atoms with E-state index < -0.39 is 0 Å². The fourth-order valence-corrected chi connectivity index (χ4v) is 1.95. The second-order valence-corrected chi connectivity index (χ2v) is 5.12. The molecule has 0 aliphatic rings. The minimum absolute atomic E-state index is 0.118. The summed E-state index contributed by atoms with van der Waals surface area (Å²) in [6, 6.07) is 0.118. The molecule has 0 aliphatic carbocycles. The average Bonchev–Trinajstić information content (AvgIpc) is 2.30. The van der Waals surface area contributed by atoms with E-state index in [0.29, 0.717) is 12.3 Å². The van der Waals surface area contributed by atoms with Crippen LogP contribution in [0.4, 0.5) is 0 Å². The van der Waals surface area contributed by atoms with Crippen LogP contribution in [0.1, 0.15) is 65.7 Å². The number of hydrogen-bond acceptors (Lipinski definition) is 2. The molecule has 0 saturated carbocycles. The first-order valence-corrected chi connectivity index (χ1v) is 7.12. The molecule has 0 aliphatic heterocycles. The van der Waals surface area contributed by atoms with Gasteiger partial charge in [-0.05, 0) is 32.1 Å². The largest absolute Gasteiger partial charge is 0.356 e. The van der Waals surface area contributed by atoms with E-state index in [9.17, 15) is 4.79 Å². The van der Waals surface area contributed by atoms with Gasteiger partial charge in [0.2, 0.25) is 5.91 Å². The Hall–Kier alpha value is -0.570. The van der Waals surface area contributed by atoms with Crippen molar-refractivity contribution >= 4 is 5.91 Å². The lowest BCUT2D eigenvalue weighted by Crippen LogP contribution is -2.30. The van der Waals surface area contributed by atoms with Crippen LogP contribution in [-0.4, -0.2) is 18.5 Å². The Kier molecular flexibility index (Phi) is 10.2. The van der Waals surface area contributed by atoms with Crippen molar-refractivity contribution < 1.29 is 4.79 Å². The molecule has 1 amide bonds. The normalized spacial score (nSPS) is 14.4. The highest BCUT2D eigenvalue weighted by atomic mass is 16.1. The first-order chi connectivity index (χ1) is 8.10. The molecule has 0 saturated heterocycles. The molecule has 2 unspecified atom stereocenters. The van der Waals surface area contributed by atoms with Gasteiger partial charge in [-0.2, -0.15) is 0 Å². The van der Waals surface area contributed by atoms with Crippen molar-refractivity contribution in [1.29, 1.82) is 0 Å². The topological polar surface area (TPSA) is 55.1 Å². The fraction of sp³-hybridized carbons (Fsp3) is 0.929. The van der Waals surface area contributed by atoms with Crippen molar-refractivity contribution in [2.45, 2.75) is 71.8 Å². The van der Waals surface area contributed by atoms with Crippen LogP contribution in [-0.2, 0) is 4.79 Å². The molecule has 0 fully saturated rings. The predicted octanol–water partition coefficient (Wildman–Crippen LogP) is 2.84. The van der Waals surface area contributed by atoms with E-state index in [1.165, 1.54) is 32.1 Å². The van der Waals surface area contributed by atoms with Gasteiger partial charge in [-0.1, -0.05) is 33.1 Å². The molecule has 3 heteroatoms. The highest BCUT2D eigenvalue weighted by molar-refractivity contribution is 5.75. The number of rotatable bonds is 10. The van der Waals surface area contributed by atoms with E-state index in [1.54, 1.807) is 0 Å². The number of nitrogens with one attached hydrogen (secondary N) is 1. The summed E-state index contributed by atoms with van der Waals surface area (Å²) in [6.45, 7) is 7.20. The molecule has 0 heterocycles. The van der Waals surface area contributed by atoms with Gasteiger partial charge in [0.05, 0.1) is 0 Å². The molecule has 0 aromatic heterocycles. The number of carbonyl (C=O) groups is 1. The summed E-state index contributed by atoms with van der Waals surface area (Å²) in [5.41, 5.74) is 5.63. The smallest absolute Gasteiger partial charge is 0.220 e. The molecule has 17 heavy (non-hydrogen) atoms. The summed E-state index contributed by atoms with van der Waals surface area (Å²) in [7, 11) is 0. The highest BCUT2D eigenvalue weighted by Gasteiger charge is 2.09. The molecule has 102 valence electrons. The lowest BCUT2D eigenvalue weighted by atomic mass is 9.97. The third kappa shape index (κ3) is 10.3. The zero-order chi connectivity index (χ0) is 13.1. The summed E-state index contributed by atoms with van der Waals surface area (Å²) < 4.78 is 0. The second kappa shape index (κ2) is 10.6. The van der Waals surface area contributed by atoms with Crippen molar-refractivity contribution in [1.82, 2.24) is 5.32 Å². The molecule has 2 atom stereocenters. The van der Waals surface area contributed by atoms with Crippen LogP contribution in [0, 0.1) is 5.92 Å². The number of nitrogens with two attached hydrogens (primary N) is 1. The average molecular weight is 242 g/mol. The van der Waals surface area contributed by atoms with Crippen molar-refractivity contribution in [2.75, 3.05) is 6.54 Å². The zero-order valence-corrected chi connectivity index (χ0v) is 11.8. The van der Waals surface area contributed by atoms with Crippen molar-refractivity contribution in [3.63, 3.8) is 0 Å². The van der Waals surface area contributed by atoms with E-state index in [4.69, 9.17) is 5.73 Å². The van der Waals surface area contributed by atoms with Gasteiger partial charge in [-0.3, -0.25) is 4.79 Å². The van der Waals surface area contributed by atoms with E-state index in [0.717, 1.165) is 13.0 Å². The van der Waals surface area contributed by atoms with Gasteiger partial charge in [0.1, 0.15) is 0 Å². The molecule has 0 radical (unpaired) electrons. The Morgan fingerprint density at radius 1 is 1.18 bits per heavy atom. The van der Waals surface area contributed by atoms with Crippen molar-refractivity contribution in [3.05, 3.63) is 0 Å². The maximum absolute atomic E-state index is 11.6. The van der Waals surface area contributed by atoms with Gasteiger partial charge in [-0.25, -0.2) is 0 Å². The fourth-order valence-electron chi connectivity index (χ4n) is 1.95. The van der Waals surface area contributed by atoms with Crippen LogP contribution >= 0.6 is 0 Å². The molecule has 0 spiro atoms. The van der Waals surface area contributed by atoms with Gasteiger partial charge in [0, 0.05) is 19.0 Å². The van der Waals surface area contributed by atoms with Gasteiger partial charge < -0.3 is 11.1 Å². The first kappa shape index (κ1) is 16.4. The number of unbranched alkanes of at least 4 members (excludes halogenated alkanes) is 1. The Morgan fingerprint density at radius 3 is 2.41 bits per heavy atom. The Balaban J connectivity index is 3.74. The molecule has 0 bridgehead atoms. The summed E-state index contributed by atoms with van der Waals surface area (Å²) >= 11 is 0. The third-order valence-electron chi connectivity index (χ3n) is 3.08. The van der Waals surface area contributed by atoms with Crippen LogP contribution in [0.3, 0.4) is 0 Å². The molecule has 0 rings (SSSR count). The van der Waals surface area contributed by atoms with Crippen LogP contribution in [0.5, 0.6) is 0 Å². The molecular formula is C14H30N2O. The summed E-state index contributed by atoms with van der Waals surface area (Å²) in [5.74, 6) is 0.805. The first-order valence-electron chi connectivity index (χ1n) is 7.12. The van der Waals surface area contributed by atoms with Crippen LogP contribution in [0.15, 0.2) is 0 Å². The molecule has 0 aromatic carbocycles. The zero-order valence-electron chi connectivity index (χ0n) is 11.8. The van der Waals surface area contributed by atoms with E-state index >= 15 is 0 Å². The minimum Gasteiger partial charge on any atom is -0.356 e. The lowest BCUT2D eigenvalue weighted by molar-refractivity contribution is -0.121. The molecule has 3 nitrogen and oxygen atoms in total. The van der Waals surface area contributed by atoms with Crippen molar-refractivity contribution in [3.8, 4) is 0 Å². The van der Waals surface area contributed by atoms with Crippen LogP contribution < -0.4 is 11.1 Å². The highest BCUT2D eigenvalue weighted by Crippen LogP contribution is 2.13. The van der Waals surface area contributed by atoms with Gasteiger partial charge in [-0.15, -0.1) is 0 Å². The van der Waals surface area contributed by atoms with Gasteiger partial charge >= 0.3 is 0 Å². The summed E-state index contributed by atoms with van der Waals surface area (Å²) in [4.78, 5) is 11.6. The Bertz CT molecular complexity index is 193.